The van der Waals surface area contributed by atoms with Gasteiger partial charge in [-0.2, -0.15) is 4.68 Å². The number of ketones is 1. The van der Waals surface area contributed by atoms with Crippen LogP contribution < -0.4 is 5.76 Å². The first-order valence-corrected chi connectivity index (χ1v) is 8.69. The van der Waals surface area contributed by atoms with E-state index in [0.29, 0.717) is 5.56 Å². The van der Waals surface area contributed by atoms with Crippen molar-refractivity contribution in [1.82, 2.24) is 14.8 Å². The lowest BCUT2D eigenvalue weighted by Gasteiger charge is -2.09. The second kappa shape index (κ2) is 5.86. The van der Waals surface area contributed by atoms with E-state index in [1.165, 1.54) is 11.3 Å². The van der Waals surface area contributed by atoms with Crippen molar-refractivity contribution < 1.29 is 9.21 Å². The van der Waals surface area contributed by atoms with E-state index in [9.17, 15) is 9.59 Å². The summed E-state index contributed by atoms with van der Waals surface area (Å²) in [5.41, 5.74) is 2.24. The molecule has 1 unspecified atom stereocenters. The third kappa shape index (κ3) is 2.53. The molecule has 1 aromatic carbocycles. The number of rotatable bonds is 4. The van der Waals surface area contributed by atoms with Gasteiger partial charge in [0.1, 0.15) is 6.04 Å². The maximum atomic E-state index is 13.0. The Morgan fingerprint density at radius 2 is 2.08 bits per heavy atom. The zero-order valence-corrected chi connectivity index (χ0v) is 14.5. The van der Waals surface area contributed by atoms with Crippen molar-refractivity contribution in [3.05, 3.63) is 63.6 Å². The molecule has 0 radical (unpaired) electrons. The molecular formula is C18H15N3O3S. The van der Waals surface area contributed by atoms with Gasteiger partial charge in [-0.15, -0.1) is 16.4 Å². The minimum absolute atomic E-state index is 0.178. The van der Waals surface area contributed by atoms with Gasteiger partial charge in [0.05, 0.1) is 4.88 Å². The monoisotopic (exact) mass is 353 g/mol. The van der Waals surface area contributed by atoms with Crippen molar-refractivity contribution in [3.63, 3.8) is 0 Å². The van der Waals surface area contributed by atoms with Crippen LogP contribution in [0.2, 0.25) is 0 Å². The van der Waals surface area contributed by atoms with E-state index in [1.54, 1.807) is 6.92 Å². The number of Topliss-reactive ketones (excluding diaryl/α,β-unsaturated/α-hetero) is 1. The van der Waals surface area contributed by atoms with Gasteiger partial charge >= 0.3 is 5.76 Å². The molecule has 1 atom stereocenters. The summed E-state index contributed by atoms with van der Waals surface area (Å²) in [6.45, 7) is 3.51. The van der Waals surface area contributed by atoms with Crippen molar-refractivity contribution in [1.29, 1.82) is 0 Å². The number of hydrogen-bond acceptors (Lipinski definition) is 5. The average molecular weight is 353 g/mol. The molecule has 0 aliphatic rings. The Bertz CT molecular complexity index is 1120. The van der Waals surface area contributed by atoms with Gasteiger partial charge in [0.25, 0.3) is 5.89 Å². The highest BCUT2D eigenvalue weighted by Gasteiger charge is 2.26. The Kier molecular flexibility index (Phi) is 3.65. The highest BCUT2D eigenvalue weighted by molar-refractivity contribution is 7.13. The maximum absolute atomic E-state index is 13.0. The third-order valence-electron chi connectivity index (χ3n) is 4.19. The zero-order chi connectivity index (χ0) is 17.6. The first-order chi connectivity index (χ1) is 12.1. The van der Waals surface area contributed by atoms with Gasteiger partial charge in [-0.05, 0) is 31.4 Å². The fraction of sp³-hybridized carbons (Fsp3) is 0.167. The van der Waals surface area contributed by atoms with Crippen LogP contribution in [0.4, 0.5) is 0 Å². The Balaban J connectivity index is 1.76. The molecule has 0 aliphatic heterocycles. The molecule has 1 N–H and O–H groups in total. The number of nitrogens with zero attached hydrogens (tertiary/aromatic N) is 2. The van der Waals surface area contributed by atoms with Gasteiger partial charge in [-0.1, -0.05) is 24.3 Å². The van der Waals surface area contributed by atoms with Crippen LogP contribution in [-0.2, 0) is 0 Å². The molecule has 7 heteroatoms. The van der Waals surface area contributed by atoms with E-state index in [1.807, 2.05) is 48.7 Å². The molecule has 0 spiro atoms. The van der Waals surface area contributed by atoms with Crippen LogP contribution in [0, 0.1) is 6.92 Å². The Labute approximate surface area is 146 Å². The predicted octanol–water partition coefficient (Wildman–Crippen LogP) is 3.80. The largest absolute Gasteiger partial charge is 0.438 e. The quantitative estimate of drug-likeness (QED) is 0.566. The number of nitrogens with one attached hydrogen (secondary N) is 1. The molecule has 0 saturated heterocycles. The molecule has 6 nitrogen and oxygen atoms in total. The van der Waals surface area contributed by atoms with Crippen molar-refractivity contribution in [3.8, 4) is 10.8 Å². The minimum Gasteiger partial charge on any atom is -0.387 e. The topological polar surface area (TPSA) is 80.9 Å². The summed E-state index contributed by atoms with van der Waals surface area (Å²) in [4.78, 5) is 29.2. The lowest BCUT2D eigenvalue weighted by atomic mass is 10.0. The number of benzene rings is 1. The lowest BCUT2D eigenvalue weighted by molar-refractivity contribution is 0.0925. The van der Waals surface area contributed by atoms with E-state index in [4.69, 9.17) is 4.42 Å². The number of H-pyrrole nitrogens is 1. The van der Waals surface area contributed by atoms with Gasteiger partial charge in [-0.3, -0.25) is 4.79 Å². The number of aromatic amines is 1. The number of aryl methyl sites for hydroxylation is 1. The predicted molar refractivity (Wildman–Crippen MR) is 96.2 cm³/mol. The first-order valence-electron chi connectivity index (χ1n) is 7.81. The van der Waals surface area contributed by atoms with Crippen molar-refractivity contribution in [2.45, 2.75) is 19.9 Å². The van der Waals surface area contributed by atoms with E-state index >= 15 is 0 Å². The van der Waals surface area contributed by atoms with E-state index < -0.39 is 11.8 Å². The Morgan fingerprint density at radius 1 is 1.28 bits per heavy atom. The highest BCUT2D eigenvalue weighted by atomic mass is 32.1. The third-order valence-corrected chi connectivity index (χ3v) is 5.05. The molecule has 0 saturated carbocycles. The van der Waals surface area contributed by atoms with Crippen LogP contribution in [0.3, 0.4) is 0 Å². The van der Waals surface area contributed by atoms with E-state index in [2.05, 4.69) is 10.1 Å². The molecular weight excluding hydrogens is 338 g/mol. The SMILES string of the molecule is Cc1[nH]c2ccccc2c1C(=O)C(C)n1nc(-c2cccs2)oc1=O. The number of fused-ring (bicyclic) bond motifs is 1. The Hall–Kier alpha value is -2.93. The number of para-hydroxylation sites is 1. The highest BCUT2D eigenvalue weighted by Crippen LogP contribution is 2.26. The van der Waals surface area contributed by atoms with Gasteiger partial charge in [-0.25, -0.2) is 4.79 Å². The van der Waals surface area contributed by atoms with Crippen LogP contribution in [0.25, 0.3) is 21.7 Å². The van der Waals surface area contributed by atoms with Crippen LogP contribution >= 0.6 is 11.3 Å². The fourth-order valence-electron chi connectivity index (χ4n) is 2.95. The number of carbonyl (C=O) groups is 1. The van der Waals surface area contributed by atoms with Gasteiger partial charge in [0.2, 0.25) is 0 Å². The summed E-state index contributed by atoms with van der Waals surface area (Å²) in [6, 6.07) is 10.5. The van der Waals surface area contributed by atoms with Gasteiger partial charge < -0.3 is 9.40 Å². The zero-order valence-electron chi connectivity index (χ0n) is 13.6. The number of hydrogen-bond donors (Lipinski definition) is 1. The molecule has 3 heterocycles. The maximum Gasteiger partial charge on any atom is 0.438 e. The lowest BCUT2D eigenvalue weighted by Crippen LogP contribution is -2.26. The Morgan fingerprint density at radius 3 is 2.84 bits per heavy atom. The second-order valence-electron chi connectivity index (χ2n) is 5.81. The van der Waals surface area contributed by atoms with Crippen LogP contribution in [0.5, 0.6) is 0 Å². The normalized spacial score (nSPS) is 12.6. The first kappa shape index (κ1) is 15.6. The van der Waals surface area contributed by atoms with Crippen molar-refractivity contribution >= 4 is 28.0 Å². The van der Waals surface area contributed by atoms with Crippen LogP contribution in [0.1, 0.15) is 29.0 Å². The molecule has 0 fully saturated rings. The number of carbonyl (C=O) groups excluding carboxylic acids is 1. The number of thiophene rings is 1. The van der Waals surface area contributed by atoms with Crippen molar-refractivity contribution in [2.75, 3.05) is 0 Å². The minimum atomic E-state index is -0.761. The van der Waals surface area contributed by atoms with Crippen LogP contribution in [0.15, 0.2) is 51.0 Å². The molecule has 4 rings (SSSR count). The smallest absolute Gasteiger partial charge is 0.387 e. The summed E-state index contributed by atoms with van der Waals surface area (Å²) >= 11 is 1.42. The summed E-state index contributed by atoms with van der Waals surface area (Å²) in [7, 11) is 0. The summed E-state index contributed by atoms with van der Waals surface area (Å²) in [5.74, 6) is -0.583. The second-order valence-corrected chi connectivity index (χ2v) is 6.75. The van der Waals surface area contributed by atoms with Gasteiger partial charge in [0.15, 0.2) is 5.78 Å². The molecule has 4 aromatic rings. The average Bonchev–Trinajstić information content (AvgIpc) is 3.31. The van der Waals surface area contributed by atoms with E-state index in [0.717, 1.165) is 26.2 Å². The summed E-state index contributed by atoms with van der Waals surface area (Å²) < 4.78 is 6.32. The standard InChI is InChI=1S/C18H15N3O3S/c1-10-15(12-6-3-4-7-13(12)19-10)16(22)11(2)21-18(23)24-17(20-21)14-8-5-9-25-14/h3-9,11,19H,1-2H3. The van der Waals surface area contributed by atoms with E-state index in [-0.39, 0.29) is 11.7 Å². The summed E-state index contributed by atoms with van der Waals surface area (Å²) in [5, 5.41) is 6.92. The van der Waals surface area contributed by atoms with Gasteiger partial charge in [0, 0.05) is 22.2 Å². The molecule has 0 aliphatic carbocycles. The van der Waals surface area contributed by atoms with Crippen LogP contribution in [-0.4, -0.2) is 20.5 Å². The molecule has 0 amide bonds. The molecule has 3 aromatic heterocycles. The number of aromatic nitrogens is 3. The molecule has 25 heavy (non-hydrogen) atoms. The fourth-order valence-corrected chi connectivity index (χ4v) is 3.59. The molecule has 0 bridgehead atoms. The summed E-state index contributed by atoms with van der Waals surface area (Å²) in [6.07, 6.45) is 0. The molecule has 126 valence electrons. The van der Waals surface area contributed by atoms with Crippen molar-refractivity contribution in [2.24, 2.45) is 0 Å².